The van der Waals surface area contributed by atoms with Crippen LogP contribution >= 0.6 is 0 Å². The molecule has 0 unspecified atom stereocenters. The Bertz CT molecular complexity index is 581. The van der Waals surface area contributed by atoms with Gasteiger partial charge in [-0.05, 0) is 12.1 Å². The summed E-state index contributed by atoms with van der Waals surface area (Å²) >= 11 is 0. The van der Waals surface area contributed by atoms with Gasteiger partial charge in [-0.15, -0.1) is 0 Å². The molecular weight excluding hydrogens is 255 g/mol. The summed E-state index contributed by atoms with van der Waals surface area (Å²) in [6.45, 7) is 0. The lowest BCUT2D eigenvalue weighted by Gasteiger charge is -1.90. The largest absolute Gasteiger partial charge is 0.477 e. The van der Waals surface area contributed by atoms with E-state index in [0.717, 1.165) is 10.7 Å². The maximum Gasteiger partial charge on any atom is 0.356 e. The van der Waals surface area contributed by atoms with E-state index >= 15 is 0 Å². The third-order valence-electron chi connectivity index (χ3n) is 2.05. The van der Waals surface area contributed by atoms with Crippen LogP contribution in [-0.4, -0.2) is 31.9 Å². The Morgan fingerprint density at radius 2 is 1.74 bits per heavy atom. The normalized spacial score (nSPS) is 9.37. The van der Waals surface area contributed by atoms with E-state index in [0.29, 0.717) is 0 Å². The highest BCUT2D eigenvalue weighted by molar-refractivity contribution is 5.91. The number of aryl methyl sites for hydroxylation is 1. The number of carboxylic acid groups (broad SMARTS) is 2. The number of halogens is 1. The number of hydrogen-bond acceptors (Lipinski definition) is 3. The fourth-order valence-corrected chi connectivity index (χ4v) is 1.19. The van der Waals surface area contributed by atoms with E-state index in [4.69, 9.17) is 10.2 Å². The molecule has 1 heterocycles. The van der Waals surface area contributed by atoms with Crippen molar-refractivity contribution in [3.63, 3.8) is 0 Å². The predicted molar refractivity (Wildman–Crippen MR) is 63.5 cm³/mol. The first kappa shape index (κ1) is 14.4. The van der Waals surface area contributed by atoms with Gasteiger partial charge in [-0.2, -0.15) is 5.10 Å². The van der Waals surface area contributed by atoms with Gasteiger partial charge in [0.05, 0.1) is 0 Å². The minimum absolute atomic E-state index is 0.146. The molecule has 2 rings (SSSR count). The Morgan fingerprint density at radius 3 is 2.00 bits per heavy atom. The van der Waals surface area contributed by atoms with Crippen molar-refractivity contribution in [3.8, 4) is 0 Å². The van der Waals surface area contributed by atoms with E-state index in [2.05, 4.69) is 5.10 Å². The van der Waals surface area contributed by atoms with Crippen LogP contribution in [0.15, 0.2) is 36.4 Å². The number of aromatic carboxylic acids is 2. The van der Waals surface area contributed by atoms with Crippen LogP contribution in [0.25, 0.3) is 0 Å². The van der Waals surface area contributed by atoms with E-state index in [1.807, 2.05) is 0 Å². The van der Waals surface area contributed by atoms with Crippen molar-refractivity contribution in [1.29, 1.82) is 0 Å². The number of hydrogen-bond donors (Lipinski definition) is 2. The summed E-state index contributed by atoms with van der Waals surface area (Å²) in [6, 6.07) is 8.94. The third-order valence-corrected chi connectivity index (χ3v) is 2.05. The summed E-state index contributed by atoms with van der Waals surface area (Å²) < 4.78 is 12.9. The Morgan fingerprint density at radius 1 is 1.16 bits per heavy atom. The molecule has 6 nitrogen and oxygen atoms in total. The molecule has 0 aliphatic carbocycles. The molecule has 0 radical (unpaired) electrons. The van der Waals surface area contributed by atoms with Crippen molar-refractivity contribution in [3.05, 3.63) is 53.6 Å². The highest BCUT2D eigenvalue weighted by Gasteiger charge is 2.15. The highest BCUT2D eigenvalue weighted by atomic mass is 19.1. The van der Waals surface area contributed by atoms with Gasteiger partial charge in [-0.3, -0.25) is 4.68 Å². The molecule has 0 spiro atoms. The molecule has 0 saturated heterocycles. The minimum Gasteiger partial charge on any atom is -0.477 e. The van der Waals surface area contributed by atoms with E-state index in [1.54, 1.807) is 18.2 Å². The minimum atomic E-state index is -1.24. The van der Waals surface area contributed by atoms with Crippen molar-refractivity contribution in [1.82, 2.24) is 9.78 Å². The molecule has 0 aliphatic heterocycles. The van der Waals surface area contributed by atoms with Crippen molar-refractivity contribution in [2.75, 3.05) is 0 Å². The van der Waals surface area contributed by atoms with Gasteiger partial charge in [-0.25, -0.2) is 14.0 Å². The molecule has 0 saturated carbocycles. The number of rotatable bonds is 2. The van der Waals surface area contributed by atoms with Gasteiger partial charge in [0.15, 0.2) is 5.69 Å². The van der Waals surface area contributed by atoms with Crippen molar-refractivity contribution in [2.24, 2.45) is 7.05 Å². The van der Waals surface area contributed by atoms with Crippen LogP contribution in [0.4, 0.5) is 4.39 Å². The summed E-state index contributed by atoms with van der Waals surface area (Å²) in [5, 5.41) is 20.4. The van der Waals surface area contributed by atoms with Gasteiger partial charge < -0.3 is 10.2 Å². The zero-order valence-corrected chi connectivity index (χ0v) is 9.95. The second-order valence-electron chi connectivity index (χ2n) is 3.44. The molecule has 2 N–H and O–H groups in total. The molecule has 0 atom stereocenters. The van der Waals surface area contributed by atoms with Gasteiger partial charge in [0, 0.05) is 13.1 Å². The van der Waals surface area contributed by atoms with Crippen LogP contribution in [0.1, 0.15) is 21.0 Å². The van der Waals surface area contributed by atoms with Gasteiger partial charge in [0.25, 0.3) is 0 Å². The first-order valence-corrected chi connectivity index (χ1v) is 5.13. The van der Waals surface area contributed by atoms with Gasteiger partial charge in [0.1, 0.15) is 11.5 Å². The fraction of sp³-hybridized carbons (Fsp3) is 0.0833. The van der Waals surface area contributed by atoms with E-state index in [9.17, 15) is 14.0 Å². The van der Waals surface area contributed by atoms with E-state index < -0.39 is 11.9 Å². The molecule has 0 amide bonds. The molecule has 0 aliphatic rings. The van der Waals surface area contributed by atoms with Crippen LogP contribution in [0, 0.1) is 5.82 Å². The Hall–Kier alpha value is -2.70. The second-order valence-corrected chi connectivity index (χ2v) is 3.44. The monoisotopic (exact) mass is 266 g/mol. The van der Waals surface area contributed by atoms with Crippen LogP contribution in [0.5, 0.6) is 0 Å². The summed E-state index contributed by atoms with van der Waals surface area (Å²) in [6.07, 6.45) is 0. The maximum absolute atomic E-state index is 11.9. The number of carbonyl (C=O) groups is 2. The quantitative estimate of drug-likeness (QED) is 0.862. The molecule has 100 valence electrons. The topological polar surface area (TPSA) is 92.4 Å². The summed E-state index contributed by atoms with van der Waals surface area (Å²) in [7, 11) is 1.37. The first-order valence-electron chi connectivity index (χ1n) is 5.13. The predicted octanol–water partition coefficient (Wildman–Crippen LogP) is 1.64. The van der Waals surface area contributed by atoms with Crippen molar-refractivity contribution < 1.29 is 24.2 Å². The molecule has 1 aromatic carbocycles. The van der Waals surface area contributed by atoms with Crippen LogP contribution in [0.3, 0.4) is 0 Å². The molecule has 0 fully saturated rings. The molecule has 2 aromatic rings. The van der Waals surface area contributed by atoms with Crippen LogP contribution < -0.4 is 0 Å². The maximum atomic E-state index is 11.9. The standard InChI is InChI=1S/C6H5F.C6H6N2O4/c7-6-4-2-1-3-5-6;1-8-4(6(11)12)2-3(7-8)5(9)10/h1-5H;2H,1H3,(H,9,10)(H,11,12). The molecule has 0 bridgehead atoms. The SMILES string of the molecule is Cn1nc(C(=O)O)cc1C(=O)O.Fc1ccccc1. The van der Waals surface area contributed by atoms with Crippen molar-refractivity contribution in [2.45, 2.75) is 0 Å². The Labute approximate surface area is 107 Å². The Kier molecular flexibility index (Phi) is 4.76. The molecule has 1 aromatic heterocycles. The van der Waals surface area contributed by atoms with Gasteiger partial charge in [-0.1, -0.05) is 18.2 Å². The molecule has 7 heteroatoms. The summed E-state index contributed by atoms with van der Waals surface area (Å²) in [4.78, 5) is 20.7. The first-order chi connectivity index (χ1) is 8.91. The fourth-order valence-electron chi connectivity index (χ4n) is 1.19. The lowest BCUT2D eigenvalue weighted by atomic mass is 10.3. The van der Waals surface area contributed by atoms with Gasteiger partial charge >= 0.3 is 11.9 Å². The lowest BCUT2D eigenvalue weighted by Crippen LogP contribution is -2.05. The number of aromatic nitrogens is 2. The van der Waals surface area contributed by atoms with E-state index in [1.165, 1.54) is 19.2 Å². The van der Waals surface area contributed by atoms with Crippen LogP contribution in [0.2, 0.25) is 0 Å². The van der Waals surface area contributed by atoms with E-state index in [-0.39, 0.29) is 17.2 Å². The molecule has 19 heavy (non-hydrogen) atoms. The average molecular weight is 266 g/mol. The zero-order chi connectivity index (χ0) is 14.4. The average Bonchev–Trinajstić information content (AvgIpc) is 2.73. The Balaban J connectivity index is 0.000000218. The third kappa shape index (κ3) is 4.23. The molecular formula is C12H11FN2O4. The highest BCUT2D eigenvalue weighted by Crippen LogP contribution is 2.02. The van der Waals surface area contributed by atoms with Gasteiger partial charge in [0.2, 0.25) is 0 Å². The second kappa shape index (κ2) is 6.29. The number of carboxylic acids is 2. The smallest absolute Gasteiger partial charge is 0.356 e. The summed E-state index contributed by atoms with van der Waals surface area (Å²) in [5.41, 5.74) is -0.415. The summed E-state index contributed by atoms with van der Waals surface area (Å²) in [5.74, 6) is -2.61. The van der Waals surface area contributed by atoms with Crippen molar-refractivity contribution >= 4 is 11.9 Å². The lowest BCUT2D eigenvalue weighted by molar-refractivity contribution is 0.0677. The number of benzene rings is 1. The van der Waals surface area contributed by atoms with Crippen LogP contribution in [-0.2, 0) is 7.05 Å². The number of nitrogens with zero attached hydrogens (tertiary/aromatic N) is 2. The zero-order valence-electron chi connectivity index (χ0n) is 9.95.